The summed E-state index contributed by atoms with van der Waals surface area (Å²) in [6.07, 6.45) is -14.6. The van der Waals surface area contributed by atoms with Crippen LogP contribution in [0.1, 0.15) is 55.6 Å². The van der Waals surface area contributed by atoms with Gasteiger partial charge in [0.2, 0.25) is 0 Å². The first-order valence-electron chi connectivity index (χ1n) is 35.9. The van der Waals surface area contributed by atoms with Gasteiger partial charge in [-0.15, -0.1) is 0 Å². The van der Waals surface area contributed by atoms with Crippen LogP contribution in [0.2, 0.25) is 0 Å². The van der Waals surface area contributed by atoms with E-state index in [2.05, 4.69) is 0 Å². The van der Waals surface area contributed by atoms with Crippen molar-refractivity contribution in [1.82, 2.24) is 0 Å². The predicted octanol–water partition coefficient (Wildman–Crippen LogP) is 14.7. The molecule has 3 heterocycles. The third-order valence-corrected chi connectivity index (χ3v) is 18.6. The Morgan fingerprint density at radius 1 is 0.192 bits per heavy atom. The lowest BCUT2D eigenvalue weighted by atomic mass is 9.96. The zero-order chi connectivity index (χ0) is 70.6. The topological polar surface area (TPSA) is 159 Å². The van der Waals surface area contributed by atoms with Gasteiger partial charge in [-0.05, 0) is 55.6 Å². The standard InChI is InChI=1S/C88H92O16/c89-86-83(97-58-71-45-25-8-26-46-71)80(94-55-68-39-19-5-20-40-68)78(92-53-66-35-15-3-16-36-66)75(102-86)62-100-88-85(99-60-73-49-29-10-30-50-73)82(96-57-70-43-23-7-24-44-70)79(93-54-67-37-17-4-18-38-67)76(104-88)63-101-87-84(98-59-72-47-27-9-28-48-72)81(95-56-69-41-21-6-22-42-69)77(91-52-65-33-13-2-14-34-65)74(103-87)61-90-51-64-31-11-1-12-32-64/h1-50,74-89H,51-63H2/t74-,75-,76-,77-,78-,79-,80+,81+,82+,83+,84+,85+,86+,87+,88+/m1/s1. The average molecular weight is 1410 g/mol. The van der Waals surface area contributed by atoms with Crippen LogP contribution in [0.4, 0.5) is 0 Å². The van der Waals surface area contributed by atoms with E-state index in [9.17, 15) is 5.11 Å². The molecule has 0 aromatic heterocycles. The van der Waals surface area contributed by atoms with Crippen molar-refractivity contribution >= 4 is 0 Å². The Kier molecular flexibility index (Phi) is 28.1. The number of hydrogen-bond donors (Lipinski definition) is 1. The summed E-state index contributed by atoms with van der Waals surface area (Å²) in [4.78, 5) is 0. The fourth-order valence-corrected chi connectivity index (χ4v) is 13.2. The van der Waals surface area contributed by atoms with Gasteiger partial charge >= 0.3 is 0 Å². The van der Waals surface area contributed by atoms with Crippen LogP contribution >= 0.6 is 0 Å². The summed E-state index contributed by atoms with van der Waals surface area (Å²) in [5, 5.41) is 12.4. The predicted molar refractivity (Wildman–Crippen MR) is 391 cm³/mol. The molecule has 0 bridgehead atoms. The molecule has 540 valence electrons. The summed E-state index contributed by atoms with van der Waals surface area (Å²) in [7, 11) is 0. The van der Waals surface area contributed by atoms with Crippen LogP contribution in [0, 0.1) is 0 Å². The molecule has 0 aliphatic carbocycles. The van der Waals surface area contributed by atoms with E-state index >= 15 is 0 Å². The molecule has 16 heteroatoms. The summed E-state index contributed by atoms with van der Waals surface area (Å²) in [6.45, 7) is 1.69. The maximum absolute atomic E-state index is 12.4. The van der Waals surface area contributed by atoms with Gasteiger partial charge in [0.1, 0.15) is 73.2 Å². The van der Waals surface area contributed by atoms with E-state index in [-0.39, 0.29) is 79.3 Å². The molecule has 0 radical (unpaired) electrons. The zero-order valence-electron chi connectivity index (χ0n) is 58.3. The van der Waals surface area contributed by atoms with Crippen LogP contribution in [0.3, 0.4) is 0 Å². The minimum atomic E-state index is -1.50. The number of benzene rings is 10. The van der Waals surface area contributed by atoms with E-state index in [0.717, 1.165) is 55.6 Å². The first-order valence-corrected chi connectivity index (χ1v) is 35.9. The van der Waals surface area contributed by atoms with E-state index < -0.39 is 92.1 Å². The highest BCUT2D eigenvalue weighted by atomic mass is 16.8. The van der Waals surface area contributed by atoms with Gasteiger partial charge < -0.3 is 76.2 Å². The SMILES string of the molecule is O[C@H]1O[C@H](CO[C@H]2O[C@H](CO[C@H]3O[C@H](COCc4ccccc4)[C@@H](OCc4ccccc4)[C@H](OCc4ccccc4)[C@@H]3OCc3ccccc3)[C@@H](OCc3ccccc3)[C@H](OCc3ccccc3)[C@@H]2OCc2ccccc2)[C@@H](OCc2ccccc2)[C@H](OCc2ccccc2)[C@@H]1OCc1ccccc1. The minimum absolute atomic E-state index is 0.103. The molecule has 104 heavy (non-hydrogen) atoms. The lowest BCUT2D eigenvalue weighted by molar-refractivity contribution is -0.361. The third-order valence-electron chi connectivity index (χ3n) is 18.6. The van der Waals surface area contributed by atoms with Gasteiger partial charge in [0.25, 0.3) is 0 Å². The molecular weight excluding hydrogens is 1310 g/mol. The largest absolute Gasteiger partial charge is 0.374 e. The summed E-state index contributed by atoms with van der Waals surface area (Å²) in [6, 6.07) is 99.5. The molecule has 0 amide bonds. The second-order valence-corrected chi connectivity index (χ2v) is 26.2. The Bertz CT molecular complexity index is 3960. The molecular formula is C88H92O16. The Labute approximate surface area is 610 Å². The second kappa shape index (κ2) is 39.6. The molecule has 15 atom stereocenters. The van der Waals surface area contributed by atoms with Gasteiger partial charge in [-0.2, -0.15) is 0 Å². The molecule has 10 aromatic rings. The normalized spacial score (nSPS) is 24.8. The summed E-state index contributed by atoms with van der Waals surface area (Å²) in [5.74, 6) is 0. The van der Waals surface area contributed by atoms with Gasteiger partial charge in [-0.3, -0.25) is 0 Å². The van der Waals surface area contributed by atoms with Crippen molar-refractivity contribution in [2.75, 3.05) is 19.8 Å². The monoisotopic (exact) mass is 1400 g/mol. The molecule has 3 saturated heterocycles. The molecule has 13 rings (SSSR count). The highest BCUT2D eigenvalue weighted by molar-refractivity contribution is 5.22. The van der Waals surface area contributed by atoms with Gasteiger partial charge in [-0.1, -0.05) is 303 Å². The van der Waals surface area contributed by atoms with Gasteiger partial charge in [0.05, 0.1) is 85.9 Å². The lowest BCUT2D eigenvalue weighted by Gasteiger charge is -2.48. The molecule has 0 unspecified atom stereocenters. The fraction of sp³-hybridized carbons (Fsp3) is 0.318. The number of ether oxygens (including phenoxy) is 15. The number of rotatable bonds is 37. The van der Waals surface area contributed by atoms with Gasteiger partial charge in [-0.25, -0.2) is 0 Å². The van der Waals surface area contributed by atoms with Crippen molar-refractivity contribution in [3.63, 3.8) is 0 Å². The lowest BCUT2D eigenvalue weighted by Crippen LogP contribution is -2.64. The average Bonchev–Trinajstić information content (AvgIpc) is 0.789. The quantitative estimate of drug-likeness (QED) is 0.0392. The molecule has 3 fully saturated rings. The van der Waals surface area contributed by atoms with Crippen molar-refractivity contribution in [2.24, 2.45) is 0 Å². The van der Waals surface area contributed by atoms with Crippen LogP contribution in [0.5, 0.6) is 0 Å². The highest BCUT2D eigenvalue weighted by Gasteiger charge is 2.54. The Morgan fingerprint density at radius 2 is 0.385 bits per heavy atom. The molecule has 3 aliphatic rings. The van der Waals surface area contributed by atoms with Crippen LogP contribution in [0.15, 0.2) is 303 Å². The van der Waals surface area contributed by atoms with Gasteiger partial charge in [0.15, 0.2) is 18.9 Å². The fourth-order valence-electron chi connectivity index (χ4n) is 13.2. The van der Waals surface area contributed by atoms with E-state index in [4.69, 9.17) is 71.1 Å². The van der Waals surface area contributed by atoms with E-state index in [1.54, 1.807) is 0 Å². The van der Waals surface area contributed by atoms with E-state index in [0.29, 0.717) is 6.61 Å². The Balaban J connectivity index is 0.872. The molecule has 1 N–H and O–H groups in total. The molecule has 10 aromatic carbocycles. The number of aliphatic hydroxyl groups excluding tert-OH is 1. The summed E-state index contributed by atoms with van der Waals surface area (Å²) in [5.41, 5.74) is 9.33. The van der Waals surface area contributed by atoms with Crippen LogP contribution in [-0.2, 0) is 137 Å². The summed E-state index contributed by atoms with van der Waals surface area (Å²) >= 11 is 0. The van der Waals surface area contributed by atoms with E-state index in [1.165, 1.54) is 0 Å². The highest BCUT2D eigenvalue weighted by Crippen LogP contribution is 2.37. The molecule has 3 aliphatic heterocycles. The Hall–Kier alpha value is -8.44. The van der Waals surface area contributed by atoms with Crippen LogP contribution < -0.4 is 0 Å². The maximum atomic E-state index is 12.4. The third kappa shape index (κ3) is 21.6. The smallest absolute Gasteiger partial charge is 0.187 e. The van der Waals surface area contributed by atoms with Crippen LogP contribution in [-0.4, -0.2) is 117 Å². The van der Waals surface area contributed by atoms with Crippen LogP contribution in [0.25, 0.3) is 0 Å². The van der Waals surface area contributed by atoms with Crippen molar-refractivity contribution in [1.29, 1.82) is 0 Å². The zero-order valence-corrected chi connectivity index (χ0v) is 58.3. The second-order valence-electron chi connectivity index (χ2n) is 26.2. The number of aliphatic hydroxyl groups is 1. The summed E-state index contributed by atoms with van der Waals surface area (Å²) < 4.78 is 106. The van der Waals surface area contributed by atoms with Gasteiger partial charge in [0, 0.05) is 0 Å². The van der Waals surface area contributed by atoms with Crippen molar-refractivity contribution in [3.05, 3.63) is 359 Å². The van der Waals surface area contributed by atoms with Crippen molar-refractivity contribution < 1.29 is 76.2 Å². The Morgan fingerprint density at radius 3 is 0.644 bits per heavy atom. The van der Waals surface area contributed by atoms with E-state index in [1.807, 2.05) is 303 Å². The van der Waals surface area contributed by atoms with Crippen molar-refractivity contribution in [3.8, 4) is 0 Å². The first kappa shape index (κ1) is 73.9. The first-order chi connectivity index (χ1) is 51.5. The molecule has 0 saturated carbocycles. The minimum Gasteiger partial charge on any atom is -0.374 e. The molecule has 0 spiro atoms. The maximum Gasteiger partial charge on any atom is 0.187 e. The molecule has 16 nitrogen and oxygen atoms in total. The number of hydrogen-bond acceptors (Lipinski definition) is 16. The van der Waals surface area contributed by atoms with Crippen molar-refractivity contribution in [2.45, 2.75) is 158 Å².